The minimum atomic E-state index is 0.945. The lowest BCUT2D eigenvalue weighted by atomic mass is 9.89. The molecule has 4 aromatic carbocycles. The normalized spacial score (nSPS) is 13.2. The Bertz CT molecular complexity index is 1530. The maximum Gasteiger partial charge on any atom is 0.0524 e. The molecular weight excluding hydrogens is 410 g/mol. The summed E-state index contributed by atoms with van der Waals surface area (Å²) in [7, 11) is 4.32. The summed E-state index contributed by atoms with van der Waals surface area (Å²) in [5, 5.41) is 2.46. The van der Waals surface area contributed by atoms with Crippen LogP contribution in [-0.2, 0) is 0 Å². The van der Waals surface area contributed by atoms with Crippen molar-refractivity contribution in [1.29, 1.82) is 0 Å². The highest BCUT2D eigenvalue weighted by molar-refractivity contribution is 5.94. The van der Waals surface area contributed by atoms with Gasteiger partial charge in [0.2, 0.25) is 0 Å². The summed E-state index contributed by atoms with van der Waals surface area (Å²) in [6, 6.07) is 32.6. The lowest BCUT2D eigenvalue weighted by Crippen LogP contribution is -2.28. The second-order valence-electron chi connectivity index (χ2n) is 9.07. The van der Waals surface area contributed by atoms with Crippen LogP contribution < -0.4 is 15.3 Å². The molecule has 0 aliphatic heterocycles. The highest BCUT2D eigenvalue weighted by atomic mass is 15.1. The number of rotatable bonds is 4. The van der Waals surface area contributed by atoms with Crippen molar-refractivity contribution in [1.82, 2.24) is 0 Å². The van der Waals surface area contributed by atoms with Crippen LogP contribution in [0.5, 0.6) is 0 Å². The summed E-state index contributed by atoms with van der Waals surface area (Å²) in [4.78, 5) is 2.28. The van der Waals surface area contributed by atoms with E-state index in [0.717, 1.165) is 6.42 Å². The highest BCUT2D eigenvalue weighted by Crippen LogP contribution is 2.34. The second kappa shape index (κ2) is 8.35. The van der Waals surface area contributed by atoms with Crippen LogP contribution in [0.3, 0.4) is 0 Å². The van der Waals surface area contributed by atoms with E-state index in [1.807, 2.05) is 0 Å². The predicted molar refractivity (Wildman–Crippen MR) is 144 cm³/mol. The number of hydrogen-bond acceptors (Lipinski definition) is 1. The quantitative estimate of drug-likeness (QED) is 0.333. The Balaban J connectivity index is 1.84. The van der Waals surface area contributed by atoms with Crippen LogP contribution in [0.15, 0.2) is 109 Å². The minimum Gasteiger partial charge on any atom is -0.377 e. The van der Waals surface area contributed by atoms with Gasteiger partial charge in [0.1, 0.15) is 0 Å². The number of nitrogens with zero attached hydrogens (tertiary/aromatic N) is 1. The van der Waals surface area contributed by atoms with E-state index in [1.54, 1.807) is 0 Å². The third kappa shape index (κ3) is 3.33. The number of benzene rings is 4. The summed E-state index contributed by atoms with van der Waals surface area (Å²) >= 11 is 0. The zero-order chi connectivity index (χ0) is 23.1. The Kier molecular flexibility index (Phi) is 5.04. The molecule has 0 fully saturated rings. The van der Waals surface area contributed by atoms with Gasteiger partial charge in [0.05, 0.1) is 5.69 Å². The molecule has 0 saturated carbocycles. The summed E-state index contributed by atoms with van der Waals surface area (Å²) in [5.74, 6) is 0. The molecule has 1 radical (unpaired) electrons. The molecule has 2 aliphatic rings. The summed E-state index contributed by atoms with van der Waals surface area (Å²) in [5.41, 5.74) is 11.3. The average Bonchev–Trinajstić information content (AvgIpc) is 3.53. The van der Waals surface area contributed by atoms with Crippen molar-refractivity contribution in [2.75, 3.05) is 19.0 Å². The van der Waals surface area contributed by atoms with Gasteiger partial charge in [0.25, 0.3) is 0 Å². The fourth-order valence-corrected chi connectivity index (χ4v) is 5.26. The molecule has 0 unspecified atom stereocenters. The Morgan fingerprint density at radius 1 is 0.765 bits per heavy atom. The summed E-state index contributed by atoms with van der Waals surface area (Å²) in [6.45, 7) is 0. The smallest absolute Gasteiger partial charge is 0.0524 e. The lowest BCUT2D eigenvalue weighted by Gasteiger charge is -2.23. The van der Waals surface area contributed by atoms with Crippen molar-refractivity contribution in [3.8, 4) is 11.1 Å². The first-order valence-corrected chi connectivity index (χ1v) is 11.8. The first-order chi connectivity index (χ1) is 16.7. The van der Waals surface area contributed by atoms with Crippen LogP contribution in [0.4, 0.5) is 5.69 Å². The van der Waals surface area contributed by atoms with Crippen molar-refractivity contribution < 1.29 is 0 Å². The van der Waals surface area contributed by atoms with Crippen LogP contribution >= 0.6 is 0 Å². The van der Waals surface area contributed by atoms with Gasteiger partial charge in [-0.25, -0.2) is 0 Å². The molecule has 0 heterocycles. The van der Waals surface area contributed by atoms with Gasteiger partial charge < -0.3 is 4.90 Å². The zero-order valence-electron chi connectivity index (χ0n) is 19.5. The van der Waals surface area contributed by atoms with E-state index in [4.69, 9.17) is 0 Å². The molecule has 163 valence electrons. The molecule has 0 bridgehead atoms. The third-order valence-corrected chi connectivity index (χ3v) is 6.71. The summed E-state index contributed by atoms with van der Waals surface area (Å²) in [6.07, 6.45) is 11.4. The fraction of sp³-hybridized carbons (Fsp3) is 0.0909. The van der Waals surface area contributed by atoms with Crippen LogP contribution in [-0.4, -0.2) is 14.1 Å². The summed E-state index contributed by atoms with van der Waals surface area (Å²) < 4.78 is 0. The maximum absolute atomic E-state index is 3.76. The molecule has 1 nitrogen and oxygen atoms in total. The molecule has 34 heavy (non-hydrogen) atoms. The Morgan fingerprint density at radius 3 is 2.03 bits per heavy atom. The van der Waals surface area contributed by atoms with Crippen molar-refractivity contribution in [2.45, 2.75) is 6.42 Å². The van der Waals surface area contributed by atoms with Crippen molar-refractivity contribution in [3.05, 3.63) is 142 Å². The van der Waals surface area contributed by atoms with Crippen LogP contribution in [0.1, 0.15) is 28.7 Å². The standard InChI is InChI=1S/C33H26N/c1-34(2)33-30(31(23-13-5-3-6-14-23)24-15-7-4-8-16-24)22-28-27-20-12-11-19-26(27)21-29(28)32(33)25-17-9-10-18-25/h3-17,19-20,22H,18H2,1-2H3. The fourth-order valence-electron chi connectivity index (χ4n) is 5.26. The predicted octanol–water partition coefficient (Wildman–Crippen LogP) is 6.03. The van der Waals surface area contributed by atoms with Gasteiger partial charge in [0.15, 0.2) is 0 Å². The van der Waals surface area contributed by atoms with Crippen molar-refractivity contribution in [2.24, 2.45) is 0 Å². The number of hydrogen-bond donors (Lipinski definition) is 0. The van der Waals surface area contributed by atoms with E-state index in [1.165, 1.54) is 60.7 Å². The number of fused-ring (bicyclic) bond motifs is 3. The van der Waals surface area contributed by atoms with E-state index in [9.17, 15) is 0 Å². The first kappa shape index (κ1) is 20.5. The molecular formula is C33H26N. The van der Waals surface area contributed by atoms with Gasteiger partial charge in [-0.2, -0.15) is 0 Å². The van der Waals surface area contributed by atoms with Gasteiger partial charge in [0, 0.05) is 30.1 Å². The second-order valence-corrected chi connectivity index (χ2v) is 9.07. The number of allylic oxidation sites excluding steroid dienone is 4. The van der Waals surface area contributed by atoms with E-state index >= 15 is 0 Å². The maximum atomic E-state index is 3.76. The largest absolute Gasteiger partial charge is 0.377 e. The van der Waals surface area contributed by atoms with E-state index in [0.29, 0.717) is 0 Å². The van der Waals surface area contributed by atoms with Crippen molar-refractivity contribution >= 4 is 22.9 Å². The van der Waals surface area contributed by atoms with E-state index in [2.05, 4.69) is 134 Å². The SMILES string of the molecule is CN(C)c1c(C2=CC=CC2)c2c(cc1=C(c1ccccc1)c1ccccc1)-c1ccccc1[C]=2. The molecule has 0 aromatic heterocycles. The van der Waals surface area contributed by atoms with Gasteiger partial charge in [-0.3, -0.25) is 0 Å². The molecule has 1 heteroatoms. The van der Waals surface area contributed by atoms with Crippen LogP contribution in [0, 0.1) is 0 Å². The molecule has 0 amide bonds. The number of anilines is 1. The molecule has 4 aromatic rings. The first-order valence-electron chi connectivity index (χ1n) is 11.8. The Morgan fingerprint density at radius 2 is 1.41 bits per heavy atom. The minimum absolute atomic E-state index is 0.945. The Labute approximate surface area is 201 Å². The zero-order valence-corrected chi connectivity index (χ0v) is 19.5. The molecule has 2 aliphatic carbocycles. The van der Waals surface area contributed by atoms with Gasteiger partial charge in [-0.05, 0) is 57.5 Å². The topological polar surface area (TPSA) is 3.24 Å². The molecule has 0 N–H and O–H groups in total. The molecule has 0 atom stereocenters. The molecule has 6 rings (SSSR count). The van der Waals surface area contributed by atoms with Gasteiger partial charge >= 0.3 is 0 Å². The monoisotopic (exact) mass is 436 g/mol. The van der Waals surface area contributed by atoms with Crippen molar-refractivity contribution in [3.63, 3.8) is 0 Å². The highest BCUT2D eigenvalue weighted by Gasteiger charge is 2.23. The molecule has 0 spiro atoms. The lowest BCUT2D eigenvalue weighted by molar-refractivity contribution is 1.11. The van der Waals surface area contributed by atoms with Gasteiger partial charge in [-0.1, -0.05) is 103 Å². The van der Waals surface area contributed by atoms with E-state index in [-0.39, 0.29) is 0 Å². The van der Waals surface area contributed by atoms with Crippen LogP contribution in [0.25, 0.3) is 28.3 Å². The average molecular weight is 437 g/mol. The molecule has 0 saturated heterocycles. The Hall–Kier alpha value is -4.10. The van der Waals surface area contributed by atoms with E-state index < -0.39 is 0 Å². The van der Waals surface area contributed by atoms with Crippen LogP contribution in [0.2, 0.25) is 0 Å². The van der Waals surface area contributed by atoms with Gasteiger partial charge in [-0.15, -0.1) is 0 Å². The third-order valence-electron chi connectivity index (χ3n) is 6.71.